The summed E-state index contributed by atoms with van der Waals surface area (Å²) < 4.78 is 11.2. The monoisotopic (exact) mass is 374 g/mol. The largest absolute Gasteiger partial charge is 0.490 e. The molecule has 0 spiro atoms. The third-order valence-corrected chi connectivity index (χ3v) is 5.55. The van der Waals surface area contributed by atoms with Gasteiger partial charge in [0.25, 0.3) is 0 Å². The summed E-state index contributed by atoms with van der Waals surface area (Å²) in [5.74, 6) is 0.752. The normalized spacial score (nSPS) is 14.3. The molecule has 1 saturated carbocycles. The van der Waals surface area contributed by atoms with Crippen LogP contribution in [-0.4, -0.2) is 19.2 Å². The molecule has 0 aromatic heterocycles. The molecule has 144 valence electrons. The van der Waals surface area contributed by atoms with E-state index in [4.69, 9.17) is 9.47 Å². The number of benzene rings is 3. The first-order valence-electron chi connectivity index (χ1n) is 10.1. The van der Waals surface area contributed by atoms with Crippen molar-refractivity contribution in [2.45, 2.75) is 44.6 Å². The molecule has 0 bridgehead atoms. The lowest BCUT2D eigenvalue weighted by molar-refractivity contribution is -0.140. The second kappa shape index (κ2) is 8.47. The summed E-state index contributed by atoms with van der Waals surface area (Å²) in [6.07, 6.45) is 6.09. The third-order valence-electron chi connectivity index (χ3n) is 5.55. The van der Waals surface area contributed by atoms with Crippen LogP contribution in [0, 0.1) is 0 Å². The predicted octanol–water partition coefficient (Wildman–Crippen LogP) is 5.93. The molecule has 0 heterocycles. The van der Waals surface area contributed by atoms with Crippen molar-refractivity contribution in [3.05, 3.63) is 66.2 Å². The molecule has 0 saturated heterocycles. The maximum absolute atomic E-state index is 11.5. The van der Waals surface area contributed by atoms with Gasteiger partial charge in [0.2, 0.25) is 0 Å². The molecule has 4 rings (SSSR count). The van der Waals surface area contributed by atoms with Gasteiger partial charge in [0.1, 0.15) is 5.75 Å². The minimum atomic E-state index is -0.182. The predicted molar refractivity (Wildman–Crippen MR) is 113 cm³/mol. The highest BCUT2D eigenvalue weighted by Gasteiger charge is 2.19. The maximum atomic E-state index is 11.5. The first-order chi connectivity index (χ1) is 13.7. The van der Waals surface area contributed by atoms with Crippen LogP contribution in [0.4, 0.5) is 0 Å². The van der Waals surface area contributed by atoms with E-state index in [1.165, 1.54) is 30.7 Å². The van der Waals surface area contributed by atoms with Crippen LogP contribution in [0.15, 0.2) is 60.7 Å². The lowest BCUT2D eigenvalue weighted by Gasteiger charge is -2.18. The van der Waals surface area contributed by atoms with Crippen molar-refractivity contribution in [1.29, 1.82) is 0 Å². The smallest absolute Gasteiger partial charge is 0.305 e. The highest BCUT2D eigenvalue weighted by atomic mass is 16.5. The summed E-state index contributed by atoms with van der Waals surface area (Å²) in [4.78, 5) is 11.5. The first-order valence-corrected chi connectivity index (χ1v) is 10.1. The van der Waals surface area contributed by atoms with E-state index in [0.29, 0.717) is 18.9 Å². The van der Waals surface area contributed by atoms with E-state index >= 15 is 0 Å². The van der Waals surface area contributed by atoms with Crippen LogP contribution < -0.4 is 4.74 Å². The van der Waals surface area contributed by atoms with Gasteiger partial charge in [0.15, 0.2) is 0 Å². The van der Waals surface area contributed by atoms with E-state index < -0.39 is 0 Å². The number of ether oxygens (including phenoxy) is 2. The van der Waals surface area contributed by atoms with Crippen LogP contribution in [0.25, 0.3) is 21.9 Å². The van der Waals surface area contributed by atoms with Crippen molar-refractivity contribution in [3.8, 4) is 16.9 Å². The second-order valence-corrected chi connectivity index (χ2v) is 7.49. The fourth-order valence-corrected chi connectivity index (χ4v) is 3.95. The number of carbonyl (C=O) groups is 1. The number of hydrogen-bond acceptors (Lipinski definition) is 3. The summed E-state index contributed by atoms with van der Waals surface area (Å²) in [6, 6.07) is 21.2. The fraction of sp³-hybridized carbons (Fsp3) is 0.320. The SMILES string of the molecule is COC(=O)CCc1ccc(OC2CCCC2)c(-c2ccc3ccccc3c2)c1. The molecule has 3 nitrogen and oxygen atoms in total. The summed E-state index contributed by atoms with van der Waals surface area (Å²) in [6.45, 7) is 0. The Bertz CT molecular complexity index is 970. The summed E-state index contributed by atoms with van der Waals surface area (Å²) in [7, 11) is 1.43. The summed E-state index contributed by atoms with van der Waals surface area (Å²) in [5, 5.41) is 2.44. The van der Waals surface area contributed by atoms with Gasteiger partial charge in [-0.2, -0.15) is 0 Å². The first kappa shape index (κ1) is 18.5. The number of aryl methyl sites for hydroxylation is 1. The molecule has 1 fully saturated rings. The van der Waals surface area contributed by atoms with Gasteiger partial charge in [0.05, 0.1) is 13.2 Å². The van der Waals surface area contributed by atoms with Gasteiger partial charge < -0.3 is 9.47 Å². The van der Waals surface area contributed by atoms with Gasteiger partial charge in [-0.05, 0) is 72.2 Å². The molecule has 0 N–H and O–H groups in total. The Morgan fingerprint density at radius 1 is 0.964 bits per heavy atom. The van der Waals surface area contributed by atoms with Crippen molar-refractivity contribution in [2.24, 2.45) is 0 Å². The molecule has 3 aromatic rings. The van der Waals surface area contributed by atoms with Crippen LogP contribution >= 0.6 is 0 Å². The molecule has 28 heavy (non-hydrogen) atoms. The van der Waals surface area contributed by atoms with Crippen molar-refractivity contribution in [3.63, 3.8) is 0 Å². The van der Waals surface area contributed by atoms with E-state index in [-0.39, 0.29) is 5.97 Å². The van der Waals surface area contributed by atoms with Crippen molar-refractivity contribution in [1.82, 2.24) is 0 Å². The van der Waals surface area contributed by atoms with Crippen LogP contribution in [0.1, 0.15) is 37.7 Å². The zero-order valence-corrected chi connectivity index (χ0v) is 16.3. The lowest BCUT2D eigenvalue weighted by Crippen LogP contribution is -2.11. The second-order valence-electron chi connectivity index (χ2n) is 7.49. The molecule has 0 unspecified atom stereocenters. The van der Waals surface area contributed by atoms with Crippen molar-refractivity contribution >= 4 is 16.7 Å². The number of carbonyl (C=O) groups excluding carboxylic acids is 1. The number of hydrogen-bond donors (Lipinski definition) is 0. The van der Waals surface area contributed by atoms with Crippen molar-refractivity contribution in [2.75, 3.05) is 7.11 Å². The van der Waals surface area contributed by atoms with Crippen molar-refractivity contribution < 1.29 is 14.3 Å². The van der Waals surface area contributed by atoms with Gasteiger partial charge in [0, 0.05) is 12.0 Å². The Balaban J connectivity index is 1.69. The molecule has 1 aliphatic rings. The van der Waals surface area contributed by atoms with Crippen LogP contribution in [0.2, 0.25) is 0 Å². The highest BCUT2D eigenvalue weighted by molar-refractivity contribution is 5.88. The van der Waals surface area contributed by atoms with Gasteiger partial charge >= 0.3 is 5.97 Å². The molecular weight excluding hydrogens is 348 g/mol. The van der Waals surface area contributed by atoms with Crippen LogP contribution in [0.3, 0.4) is 0 Å². The number of fused-ring (bicyclic) bond motifs is 1. The minimum Gasteiger partial charge on any atom is -0.490 e. The fourth-order valence-electron chi connectivity index (χ4n) is 3.95. The molecule has 3 aromatic carbocycles. The molecular formula is C25H26O3. The molecule has 0 amide bonds. The van der Waals surface area contributed by atoms with Crippen LogP contribution in [-0.2, 0) is 16.0 Å². The topological polar surface area (TPSA) is 35.5 Å². The molecule has 0 radical (unpaired) electrons. The Kier molecular flexibility index (Phi) is 5.61. The Morgan fingerprint density at radius 2 is 1.75 bits per heavy atom. The Morgan fingerprint density at radius 3 is 2.54 bits per heavy atom. The van der Waals surface area contributed by atoms with Gasteiger partial charge in [-0.15, -0.1) is 0 Å². The van der Waals surface area contributed by atoms with E-state index in [1.807, 2.05) is 0 Å². The number of rotatable bonds is 6. The molecule has 0 atom stereocenters. The molecule has 0 aliphatic heterocycles. The quantitative estimate of drug-likeness (QED) is 0.501. The summed E-state index contributed by atoms with van der Waals surface area (Å²) in [5.41, 5.74) is 3.36. The zero-order valence-electron chi connectivity index (χ0n) is 16.3. The van der Waals surface area contributed by atoms with Crippen LogP contribution in [0.5, 0.6) is 5.75 Å². The molecule has 3 heteroatoms. The van der Waals surface area contributed by atoms with Gasteiger partial charge in [-0.1, -0.05) is 42.5 Å². The standard InChI is InChI=1S/C25H26O3/c1-27-25(26)15-11-18-10-14-24(28-22-8-4-5-9-22)23(16-18)21-13-12-19-6-2-3-7-20(19)17-21/h2-3,6-7,10,12-14,16-17,22H,4-5,8-9,11,15H2,1H3. The van der Waals surface area contributed by atoms with E-state index in [2.05, 4.69) is 60.7 Å². The number of methoxy groups -OCH3 is 1. The Labute approximate surface area is 166 Å². The number of esters is 1. The van der Waals surface area contributed by atoms with Gasteiger partial charge in [-0.25, -0.2) is 0 Å². The maximum Gasteiger partial charge on any atom is 0.305 e. The van der Waals surface area contributed by atoms with Gasteiger partial charge in [-0.3, -0.25) is 4.79 Å². The Hall–Kier alpha value is -2.81. The minimum absolute atomic E-state index is 0.182. The average molecular weight is 374 g/mol. The summed E-state index contributed by atoms with van der Waals surface area (Å²) >= 11 is 0. The zero-order chi connectivity index (χ0) is 19.3. The molecule has 1 aliphatic carbocycles. The average Bonchev–Trinajstić information content (AvgIpc) is 3.25. The van der Waals surface area contributed by atoms with E-state index in [1.54, 1.807) is 0 Å². The van der Waals surface area contributed by atoms with E-state index in [0.717, 1.165) is 35.3 Å². The third kappa shape index (κ3) is 4.19. The highest BCUT2D eigenvalue weighted by Crippen LogP contribution is 2.35. The van der Waals surface area contributed by atoms with E-state index in [9.17, 15) is 4.79 Å². The lowest BCUT2D eigenvalue weighted by atomic mass is 9.97.